The third kappa shape index (κ3) is 2.89. The van der Waals surface area contributed by atoms with Gasteiger partial charge in [-0.1, -0.05) is 0 Å². The average molecular weight is 220 g/mol. The van der Waals surface area contributed by atoms with Gasteiger partial charge in [-0.05, 0) is 49.9 Å². The molecule has 0 aliphatic heterocycles. The van der Waals surface area contributed by atoms with Crippen LogP contribution in [0.5, 0.6) is 5.75 Å². The van der Waals surface area contributed by atoms with Crippen molar-refractivity contribution in [3.05, 3.63) is 24.3 Å². The highest BCUT2D eigenvalue weighted by molar-refractivity contribution is 5.46. The lowest BCUT2D eigenvalue weighted by Crippen LogP contribution is -2.39. The second-order valence-corrected chi connectivity index (χ2v) is 4.44. The van der Waals surface area contributed by atoms with E-state index < -0.39 is 0 Å². The number of ether oxygens (including phenoxy) is 1. The van der Waals surface area contributed by atoms with Gasteiger partial charge in [-0.3, -0.25) is 0 Å². The lowest BCUT2D eigenvalue weighted by Gasteiger charge is -2.32. The molecule has 0 saturated heterocycles. The van der Waals surface area contributed by atoms with Gasteiger partial charge < -0.3 is 15.8 Å². The molecule has 0 spiro atoms. The molecule has 3 heteroatoms. The van der Waals surface area contributed by atoms with Crippen LogP contribution in [0.25, 0.3) is 0 Å². The quantitative estimate of drug-likeness (QED) is 0.800. The van der Waals surface area contributed by atoms with E-state index in [1.807, 2.05) is 19.1 Å². The molecule has 2 rings (SSSR count). The van der Waals surface area contributed by atoms with Crippen molar-refractivity contribution in [2.75, 3.05) is 18.5 Å². The van der Waals surface area contributed by atoms with Crippen LogP contribution in [0.3, 0.4) is 0 Å². The molecule has 1 saturated carbocycles. The van der Waals surface area contributed by atoms with Crippen LogP contribution in [-0.4, -0.2) is 19.2 Å². The van der Waals surface area contributed by atoms with Gasteiger partial charge in [-0.2, -0.15) is 0 Å². The molecule has 0 radical (unpaired) electrons. The van der Waals surface area contributed by atoms with Crippen LogP contribution in [0.4, 0.5) is 5.69 Å². The third-order valence-corrected chi connectivity index (χ3v) is 3.03. The Bertz CT molecular complexity index is 317. The summed E-state index contributed by atoms with van der Waals surface area (Å²) < 4.78 is 5.39. The molecule has 1 aliphatic carbocycles. The fourth-order valence-corrected chi connectivity index (χ4v) is 2.05. The number of nitrogens with two attached hydrogens (primary N) is 1. The molecule has 1 fully saturated rings. The molecule has 0 aromatic heterocycles. The van der Waals surface area contributed by atoms with Crippen LogP contribution in [0.2, 0.25) is 0 Å². The maximum atomic E-state index is 5.75. The second-order valence-electron chi connectivity index (χ2n) is 4.44. The van der Waals surface area contributed by atoms with Crippen LogP contribution in [0.1, 0.15) is 19.8 Å². The molecular weight excluding hydrogens is 200 g/mol. The Labute approximate surface area is 97.0 Å². The van der Waals surface area contributed by atoms with Gasteiger partial charge >= 0.3 is 0 Å². The SMILES string of the molecule is CCOc1ccc(NCC2CC(N)C2)cc1. The summed E-state index contributed by atoms with van der Waals surface area (Å²) >= 11 is 0. The monoisotopic (exact) mass is 220 g/mol. The summed E-state index contributed by atoms with van der Waals surface area (Å²) in [6.45, 7) is 3.74. The second kappa shape index (κ2) is 5.21. The zero-order valence-electron chi connectivity index (χ0n) is 9.78. The van der Waals surface area contributed by atoms with E-state index in [9.17, 15) is 0 Å². The van der Waals surface area contributed by atoms with E-state index in [4.69, 9.17) is 10.5 Å². The van der Waals surface area contributed by atoms with Crippen LogP contribution in [0, 0.1) is 5.92 Å². The number of hydrogen-bond acceptors (Lipinski definition) is 3. The Balaban J connectivity index is 1.76. The third-order valence-electron chi connectivity index (χ3n) is 3.03. The summed E-state index contributed by atoms with van der Waals surface area (Å²) in [4.78, 5) is 0. The Hall–Kier alpha value is -1.22. The molecule has 0 unspecified atom stereocenters. The maximum Gasteiger partial charge on any atom is 0.119 e. The topological polar surface area (TPSA) is 47.3 Å². The van der Waals surface area contributed by atoms with Gasteiger partial charge in [0, 0.05) is 18.3 Å². The summed E-state index contributed by atoms with van der Waals surface area (Å²) in [6, 6.07) is 8.55. The Morgan fingerprint density at radius 1 is 1.31 bits per heavy atom. The van der Waals surface area contributed by atoms with Crippen molar-refractivity contribution in [1.29, 1.82) is 0 Å². The fourth-order valence-electron chi connectivity index (χ4n) is 2.05. The first kappa shape index (κ1) is 11.3. The first-order chi connectivity index (χ1) is 7.78. The minimum Gasteiger partial charge on any atom is -0.494 e. The lowest BCUT2D eigenvalue weighted by molar-refractivity contribution is 0.280. The van der Waals surface area contributed by atoms with Crippen LogP contribution in [-0.2, 0) is 0 Å². The smallest absolute Gasteiger partial charge is 0.119 e. The van der Waals surface area contributed by atoms with Crippen LogP contribution >= 0.6 is 0 Å². The Morgan fingerprint density at radius 3 is 2.56 bits per heavy atom. The number of benzene rings is 1. The highest BCUT2D eigenvalue weighted by atomic mass is 16.5. The molecular formula is C13H20N2O. The van der Waals surface area contributed by atoms with Gasteiger partial charge in [0.25, 0.3) is 0 Å². The molecule has 16 heavy (non-hydrogen) atoms. The minimum absolute atomic E-state index is 0.437. The first-order valence-electron chi connectivity index (χ1n) is 6.00. The lowest BCUT2D eigenvalue weighted by atomic mass is 9.81. The summed E-state index contributed by atoms with van der Waals surface area (Å²) in [5, 5.41) is 3.43. The van der Waals surface area contributed by atoms with Gasteiger partial charge in [0.1, 0.15) is 5.75 Å². The zero-order valence-corrected chi connectivity index (χ0v) is 9.78. The van der Waals surface area contributed by atoms with Crippen LogP contribution < -0.4 is 15.8 Å². The van der Waals surface area contributed by atoms with Crippen molar-refractivity contribution in [3.8, 4) is 5.75 Å². The maximum absolute atomic E-state index is 5.75. The summed E-state index contributed by atoms with van der Waals surface area (Å²) in [5.41, 5.74) is 6.90. The molecule has 1 aliphatic rings. The molecule has 1 aromatic carbocycles. The highest BCUT2D eigenvalue weighted by Gasteiger charge is 2.25. The van der Waals surface area contributed by atoms with Crippen molar-refractivity contribution in [3.63, 3.8) is 0 Å². The molecule has 1 aromatic rings. The van der Waals surface area contributed by atoms with Crippen molar-refractivity contribution >= 4 is 5.69 Å². The first-order valence-corrected chi connectivity index (χ1v) is 6.00. The number of anilines is 1. The number of rotatable bonds is 5. The van der Waals surface area contributed by atoms with E-state index in [-0.39, 0.29) is 0 Å². The van der Waals surface area contributed by atoms with Gasteiger partial charge in [-0.15, -0.1) is 0 Å². The van der Waals surface area contributed by atoms with E-state index in [1.54, 1.807) is 0 Å². The molecule has 0 amide bonds. The van der Waals surface area contributed by atoms with Crippen molar-refractivity contribution in [2.24, 2.45) is 11.7 Å². The molecule has 0 atom stereocenters. The summed E-state index contributed by atoms with van der Waals surface area (Å²) in [7, 11) is 0. The molecule has 0 bridgehead atoms. The Kier molecular flexibility index (Phi) is 3.67. The van der Waals surface area contributed by atoms with Crippen molar-refractivity contribution < 1.29 is 4.74 Å². The molecule has 3 nitrogen and oxygen atoms in total. The summed E-state index contributed by atoms with van der Waals surface area (Å²) in [5.74, 6) is 1.68. The zero-order chi connectivity index (χ0) is 11.4. The largest absolute Gasteiger partial charge is 0.494 e. The number of nitrogens with one attached hydrogen (secondary N) is 1. The van der Waals surface area contributed by atoms with E-state index in [1.165, 1.54) is 0 Å². The van der Waals surface area contributed by atoms with E-state index in [0.29, 0.717) is 12.6 Å². The van der Waals surface area contributed by atoms with Gasteiger partial charge in [0.2, 0.25) is 0 Å². The standard InChI is InChI=1S/C13H20N2O/c1-2-16-13-5-3-12(4-6-13)15-9-10-7-11(14)8-10/h3-6,10-11,15H,2,7-9,14H2,1H3. The fraction of sp³-hybridized carbons (Fsp3) is 0.538. The van der Waals surface area contributed by atoms with Gasteiger partial charge in [0.05, 0.1) is 6.61 Å². The highest BCUT2D eigenvalue weighted by Crippen LogP contribution is 2.26. The van der Waals surface area contributed by atoms with Crippen LogP contribution in [0.15, 0.2) is 24.3 Å². The minimum atomic E-state index is 0.437. The van der Waals surface area contributed by atoms with E-state index in [2.05, 4.69) is 17.4 Å². The average Bonchev–Trinajstić information content (AvgIpc) is 2.25. The molecule has 88 valence electrons. The predicted octanol–water partition coefficient (Wildman–Crippen LogP) is 2.23. The van der Waals surface area contributed by atoms with E-state index in [0.717, 1.165) is 36.7 Å². The van der Waals surface area contributed by atoms with Gasteiger partial charge in [-0.25, -0.2) is 0 Å². The van der Waals surface area contributed by atoms with Gasteiger partial charge in [0.15, 0.2) is 0 Å². The Morgan fingerprint density at radius 2 is 2.00 bits per heavy atom. The molecule has 0 heterocycles. The molecule has 3 N–H and O–H groups in total. The predicted molar refractivity (Wildman–Crippen MR) is 66.8 cm³/mol. The van der Waals surface area contributed by atoms with Crippen molar-refractivity contribution in [2.45, 2.75) is 25.8 Å². The summed E-state index contributed by atoms with van der Waals surface area (Å²) in [6.07, 6.45) is 2.31. The number of hydrogen-bond donors (Lipinski definition) is 2. The van der Waals surface area contributed by atoms with E-state index >= 15 is 0 Å². The normalized spacial score (nSPS) is 23.6. The van der Waals surface area contributed by atoms with Crippen molar-refractivity contribution in [1.82, 2.24) is 0 Å².